The fourth-order valence-corrected chi connectivity index (χ4v) is 3.13. The van der Waals surface area contributed by atoms with Crippen LogP contribution in [0.25, 0.3) is 6.08 Å². The van der Waals surface area contributed by atoms with Gasteiger partial charge in [0.25, 0.3) is 0 Å². The molecule has 1 aliphatic heterocycles. The average molecular weight is 480 g/mol. The zero-order valence-corrected chi connectivity index (χ0v) is 18.2. The number of nitrogens with zero attached hydrogens (tertiary/aromatic N) is 3. The zero-order chi connectivity index (χ0) is 18.0. The number of aliphatic imine (C=N–C) groups is 1. The molecule has 146 valence electrons. The molecule has 0 bridgehead atoms. The Labute approximate surface area is 179 Å². The first-order valence-electron chi connectivity index (χ1n) is 9.27. The van der Waals surface area contributed by atoms with Gasteiger partial charge in [0.05, 0.1) is 6.26 Å². The van der Waals surface area contributed by atoms with Gasteiger partial charge in [-0.2, -0.15) is 0 Å². The molecule has 0 amide bonds. The van der Waals surface area contributed by atoms with E-state index >= 15 is 0 Å². The van der Waals surface area contributed by atoms with E-state index in [-0.39, 0.29) is 24.0 Å². The zero-order valence-electron chi connectivity index (χ0n) is 15.9. The highest BCUT2D eigenvalue weighted by atomic mass is 127. The number of hydrogen-bond donors (Lipinski definition) is 1. The van der Waals surface area contributed by atoms with Gasteiger partial charge >= 0.3 is 0 Å². The molecule has 1 saturated heterocycles. The van der Waals surface area contributed by atoms with Gasteiger partial charge in [0.2, 0.25) is 0 Å². The molecule has 0 saturated carbocycles. The third-order valence-electron chi connectivity index (χ3n) is 4.59. The normalized spacial score (nSPS) is 15.7. The molecule has 0 atom stereocenters. The van der Waals surface area contributed by atoms with Crippen LogP contribution >= 0.6 is 24.0 Å². The summed E-state index contributed by atoms with van der Waals surface area (Å²) in [5, 5.41) is 3.44. The Balaban J connectivity index is 0.00000261. The van der Waals surface area contributed by atoms with E-state index in [4.69, 9.17) is 4.42 Å². The van der Waals surface area contributed by atoms with Gasteiger partial charge < -0.3 is 14.6 Å². The van der Waals surface area contributed by atoms with E-state index in [0.717, 1.165) is 57.4 Å². The van der Waals surface area contributed by atoms with Gasteiger partial charge in [-0.25, -0.2) is 0 Å². The van der Waals surface area contributed by atoms with E-state index in [2.05, 4.69) is 56.5 Å². The van der Waals surface area contributed by atoms with Crippen LogP contribution in [-0.2, 0) is 6.42 Å². The number of nitrogens with one attached hydrogen (secondary N) is 1. The number of furan rings is 1. The molecule has 1 N–H and O–H groups in total. The summed E-state index contributed by atoms with van der Waals surface area (Å²) in [7, 11) is 1.85. The van der Waals surface area contributed by atoms with Gasteiger partial charge in [-0.15, -0.1) is 24.0 Å². The van der Waals surface area contributed by atoms with Crippen LogP contribution in [0.1, 0.15) is 11.3 Å². The lowest BCUT2D eigenvalue weighted by Crippen LogP contribution is -2.52. The van der Waals surface area contributed by atoms with Crippen LogP contribution in [0.3, 0.4) is 0 Å². The molecule has 1 aromatic heterocycles. The van der Waals surface area contributed by atoms with Crippen LogP contribution in [0.4, 0.5) is 0 Å². The molecular formula is C21H29IN4O. The summed E-state index contributed by atoms with van der Waals surface area (Å²) in [4.78, 5) is 9.24. The van der Waals surface area contributed by atoms with Crippen molar-refractivity contribution in [1.29, 1.82) is 0 Å². The van der Waals surface area contributed by atoms with Crippen molar-refractivity contribution >= 4 is 36.0 Å². The Morgan fingerprint density at radius 2 is 1.89 bits per heavy atom. The van der Waals surface area contributed by atoms with Crippen LogP contribution < -0.4 is 5.32 Å². The summed E-state index contributed by atoms with van der Waals surface area (Å²) in [6.45, 7) is 5.93. The van der Waals surface area contributed by atoms with E-state index in [0.29, 0.717) is 0 Å². The minimum atomic E-state index is 0. The fraction of sp³-hybridized carbons (Fsp3) is 0.381. The molecule has 27 heavy (non-hydrogen) atoms. The lowest BCUT2D eigenvalue weighted by molar-refractivity contribution is 0.194. The maximum atomic E-state index is 5.37. The number of benzene rings is 1. The molecular weight excluding hydrogens is 451 g/mol. The molecule has 1 fully saturated rings. The van der Waals surface area contributed by atoms with Crippen molar-refractivity contribution in [1.82, 2.24) is 15.1 Å². The Bertz CT molecular complexity index is 692. The number of rotatable bonds is 6. The van der Waals surface area contributed by atoms with Crippen LogP contribution in [0.15, 0.2) is 64.2 Å². The first-order valence-corrected chi connectivity index (χ1v) is 9.27. The van der Waals surface area contributed by atoms with E-state index in [1.165, 1.54) is 5.56 Å². The van der Waals surface area contributed by atoms with Crippen molar-refractivity contribution in [2.45, 2.75) is 6.42 Å². The highest BCUT2D eigenvalue weighted by molar-refractivity contribution is 14.0. The van der Waals surface area contributed by atoms with Crippen LogP contribution in [-0.4, -0.2) is 62.1 Å². The molecule has 5 nitrogen and oxygen atoms in total. The fourth-order valence-electron chi connectivity index (χ4n) is 3.13. The molecule has 6 heteroatoms. The SMILES string of the molecule is CN=C(NCCc1ccco1)N1CCN(C/C=C/c2ccccc2)CC1.I. The molecule has 1 aromatic carbocycles. The minimum Gasteiger partial charge on any atom is -0.469 e. The van der Waals surface area contributed by atoms with Crippen molar-refractivity contribution in [2.24, 2.45) is 4.99 Å². The molecule has 2 heterocycles. The summed E-state index contributed by atoms with van der Waals surface area (Å²) in [5.74, 6) is 1.99. The standard InChI is InChI=1S/C21H28N4O.HI/c1-22-21(23-12-11-20-10-6-18-26-20)25-16-14-24(15-17-25)13-5-9-19-7-3-2-4-8-19;/h2-10,18H,11-17H2,1H3,(H,22,23);1H/b9-5+;. The van der Waals surface area contributed by atoms with Gasteiger partial charge in [-0.1, -0.05) is 42.5 Å². The molecule has 0 aliphatic carbocycles. The van der Waals surface area contributed by atoms with Crippen LogP contribution in [0, 0.1) is 0 Å². The average Bonchev–Trinajstić information content (AvgIpc) is 3.20. The highest BCUT2D eigenvalue weighted by Crippen LogP contribution is 2.05. The second-order valence-corrected chi connectivity index (χ2v) is 6.40. The first kappa shape index (κ1) is 21.5. The number of guanidine groups is 1. The number of piperazine rings is 1. The summed E-state index contributed by atoms with van der Waals surface area (Å²) >= 11 is 0. The van der Waals surface area contributed by atoms with Crippen molar-refractivity contribution in [3.8, 4) is 0 Å². The molecule has 3 rings (SSSR count). The largest absolute Gasteiger partial charge is 0.469 e. The van der Waals surface area contributed by atoms with Crippen molar-refractivity contribution in [3.05, 3.63) is 66.1 Å². The smallest absolute Gasteiger partial charge is 0.193 e. The number of hydrogen-bond acceptors (Lipinski definition) is 3. The Morgan fingerprint density at radius 1 is 1.11 bits per heavy atom. The van der Waals surface area contributed by atoms with Gasteiger partial charge in [-0.3, -0.25) is 9.89 Å². The van der Waals surface area contributed by atoms with Crippen LogP contribution in [0.5, 0.6) is 0 Å². The second-order valence-electron chi connectivity index (χ2n) is 6.40. The summed E-state index contributed by atoms with van der Waals surface area (Å²) < 4.78 is 5.37. The van der Waals surface area contributed by atoms with Gasteiger partial charge in [0.1, 0.15) is 5.76 Å². The molecule has 0 spiro atoms. The van der Waals surface area contributed by atoms with E-state index in [1.54, 1.807) is 6.26 Å². The predicted molar refractivity (Wildman–Crippen MR) is 123 cm³/mol. The molecule has 0 unspecified atom stereocenters. The second kappa shape index (κ2) is 11.8. The lowest BCUT2D eigenvalue weighted by atomic mass is 10.2. The Kier molecular flexibility index (Phi) is 9.41. The lowest BCUT2D eigenvalue weighted by Gasteiger charge is -2.36. The monoisotopic (exact) mass is 480 g/mol. The Hall–Kier alpha value is -1.80. The summed E-state index contributed by atoms with van der Waals surface area (Å²) in [5.41, 5.74) is 1.26. The predicted octanol–water partition coefficient (Wildman–Crippen LogP) is 3.35. The topological polar surface area (TPSA) is 44.0 Å². The molecule has 0 radical (unpaired) electrons. The maximum Gasteiger partial charge on any atom is 0.193 e. The van der Waals surface area contributed by atoms with Gasteiger partial charge in [0, 0.05) is 52.7 Å². The maximum absolute atomic E-state index is 5.37. The summed E-state index contributed by atoms with van der Waals surface area (Å²) in [6, 6.07) is 14.4. The molecule has 2 aromatic rings. The third kappa shape index (κ3) is 7.03. The van der Waals surface area contributed by atoms with Gasteiger partial charge in [-0.05, 0) is 17.7 Å². The van der Waals surface area contributed by atoms with Crippen molar-refractivity contribution < 1.29 is 4.42 Å². The third-order valence-corrected chi connectivity index (χ3v) is 4.59. The van der Waals surface area contributed by atoms with Gasteiger partial charge in [0.15, 0.2) is 5.96 Å². The first-order chi connectivity index (χ1) is 12.8. The van der Waals surface area contributed by atoms with E-state index in [1.807, 2.05) is 25.2 Å². The Morgan fingerprint density at radius 3 is 2.56 bits per heavy atom. The summed E-state index contributed by atoms with van der Waals surface area (Å²) in [6.07, 6.45) is 7.04. The minimum absolute atomic E-state index is 0. The quantitative estimate of drug-likeness (QED) is 0.392. The number of halogens is 1. The van der Waals surface area contributed by atoms with E-state index in [9.17, 15) is 0 Å². The van der Waals surface area contributed by atoms with E-state index < -0.39 is 0 Å². The van der Waals surface area contributed by atoms with Crippen LogP contribution in [0.2, 0.25) is 0 Å². The highest BCUT2D eigenvalue weighted by Gasteiger charge is 2.18. The van der Waals surface area contributed by atoms with Crippen molar-refractivity contribution in [2.75, 3.05) is 46.3 Å². The van der Waals surface area contributed by atoms with Crippen molar-refractivity contribution in [3.63, 3.8) is 0 Å². The molecule has 1 aliphatic rings.